The van der Waals surface area contributed by atoms with Gasteiger partial charge in [0.05, 0.1) is 39.1 Å². The van der Waals surface area contributed by atoms with E-state index in [1.54, 1.807) is 6.20 Å². The highest BCUT2D eigenvalue weighted by Crippen LogP contribution is 2.10. The van der Waals surface area contributed by atoms with Crippen molar-refractivity contribution in [1.82, 2.24) is 4.98 Å². The fraction of sp³-hybridized carbons (Fsp3) is 0.421. The number of hydrogen-bond donors (Lipinski definition) is 0. The molecule has 5 heteroatoms. The average molecular weight is 394 g/mol. The molecule has 24 heavy (non-hydrogen) atoms. The second-order valence-corrected chi connectivity index (χ2v) is 6.47. The zero-order valence-corrected chi connectivity index (χ0v) is 15.6. The standard InChI is InChI=1S/C19H24BrNO3/c1-16(24-15-17-5-3-2-4-6-17)14-23-10-9-22-8-7-18-11-19(20)13-21-12-18/h2-6,11-13,16H,7-10,14-15H2,1H3. The molecule has 4 nitrogen and oxygen atoms in total. The van der Waals surface area contributed by atoms with Gasteiger partial charge in [0.2, 0.25) is 0 Å². The van der Waals surface area contributed by atoms with Crippen molar-refractivity contribution >= 4 is 15.9 Å². The van der Waals surface area contributed by atoms with Gasteiger partial charge in [-0.3, -0.25) is 4.98 Å². The first-order valence-electron chi connectivity index (χ1n) is 8.14. The molecule has 0 spiro atoms. The molecular weight excluding hydrogens is 370 g/mol. The molecule has 0 saturated heterocycles. The van der Waals surface area contributed by atoms with E-state index in [0.717, 1.165) is 16.5 Å². The maximum Gasteiger partial charge on any atom is 0.0785 e. The van der Waals surface area contributed by atoms with E-state index in [-0.39, 0.29) is 6.10 Å². The van der Waals surface area contributed by atoms with Gasteiger partial charge < -0.3 is 14.2 Å². The minimum absolute atomic E-state index is 0.0675. The Hall–Kier alpha value is -1.27. The molecule has 1 heterocycles. The van der Waals surface area contributed by atoms with E-state index in [9.17, 15) is 0 Å². The summed E-state index contributed by atoms with van der Waals surface area (Å²) in [5.41, 5.74) is 2.34. The van der Waals surface area contributed by atoms with Crippen molar-refractivity contribution in [2.45, 2.75) is 26.1 Å². The fourth-order valence-electron chi connectivity index (χ4n) is 2.11. The number of ether oxygens (including phenoxy) is 3. The summed E-state index contributed by atoms with van der Waals surface area (Å²) in [5, 5.41) is 0. The predicted molar refractivity (Wildman–Crippen MR) is 98.0 cm³/mol. The van der Waals surface area contributed by atoms with Gasteiger partial charge in [-0.25, -0.2) is 0 Å². The summed E-state index contributed by atoms with van der Waals surface area (Å²) in [4.78, 5) is 4.13. The SMILES string of the molecule is CC(COCCOCCc1cncc(Br)c1)OCc1ccccc1. The molecule has 0 aliphatic heterocycles. The Morgan fingerprint density at radius 3 is 2.58 bits per heavy atom. The molecule has 1 aromatic carbocycles. The number of aromatic nitrogens is 1. The van der Waals surface area contributed by atoms with Crippen LogP contribution >= 0.6 is 15.9 Å². The first-order valence-corrected chi connectivity index (χ1v) is 8.94. The predicted octanol–water partition coefficient (Wildman–Crippen LogP) is 4.03. The average Bonchev–Trinajstić information content (AvgIpc) is 2.60. The summed E-state index contributed by atoms with van der Waals surface area (Å²) in [7, 11) is 0. The summed E-state index contributed by atoms with van der Waals surface area (Å²) in [6, 6.07) is 12.2. The lowest BCUT2D eigenvalue weighted by molar-refractivity contribution is -0.0292. The molecular formula is C19H24BrNO3. The number of nitrogens with zero attached hydrogens (tertiary/aromatic N) is 1. The van der Waals surface area contributed by atoms with E-state index in [1.807, 2.05) is 31.3 Å². The zero-order valence-electron chi connectivity index (χ0n) is 14.0. The molecule has 2 rings (SSSR count). The monoisotopic (exact) mass is 393 g/mol. The molecule has 1 aromatic heterocycles. The van der Waals surface area contributed by atoms with Crippen molar-refractivity contribution in [2.24, 2.45) is 0 Å². The summed E-state index contributed by atoms with van der Waals surface area (Å²) >= 11 is 3.41. The molecule has 0 radical (unpaired) electrons. The highest BCUT2D eigenvalue weighted by Gasteiger charge is 2.03. The molecule has 0 saturated carbocycles. The molecule has 0 N–H and O–H groups in total. The Morgan fingerprint density at radius 1 is 1.00 bits per heavy atom. The lowest BCUT2D eigenvalue weighted by Crippen LogP contribution is -2.18. The third kappa shape index (κ3) is 8.02. The van der Waals surface area contributed by atoms with Crippen LogP contribution in [-0.2, 0) is 27.2 Å². The van der Waals surface area contributed by atoms with E-state index >= 15 is 0 Å². The number of benzene rings is 1. The van der Waals surface area contributed by atoms with Crippen molar-refractivity contribution in [3.63, 3.8) is 0 Å². The number of rotatable bonds is 11. The first-order chi connectivity index (χ1) is 11.7. The van der Waals surface area contributed by atoms with E-state index < -0.39 is 0 Å². The zero-order chi connectivity index (χ0) is 17.0. The van der Waals surface area contributed by atoms with Crippen molar-refractivity contribution in [2.75, 3.05) is 26.4 Å². The molecule has 1 atom stereocenters. The van der Waals surface area contributed by atoms with Crippen LogP contribution in [0.5, 0.6) is 0 Å². The van der Waals surface area contributed by atoms with Crippen LogP contribution in [0.3, 0.4) is 0 Å². The highest BCUT2D eigenvalue weighted by atomic mass is 79.9. The van der Waals surface area contributed by atoms with Crippen LogP contribution in [0, 0.1) is 0 Å². The second-order valence-electron chi connectivity index (χ2n) is 5.56. The van der Waals surface area contributed by atoms with Crippen LogP contribution in [0.1, 0.15) is 18.1 Å². The Labute approximate surface area is 152 Å². The molecule has 0 aliphatic rings. The number of pyridine rings is 1. The van der Waals surface area contributed by atoms with Crippen LogP contribution in [0.4, 0.5) is 0 Å². The van der Waals surface area contributed by atoms with Gasteiger partial charge in [0.25, 0.3) is 0 Å². The highest BCUT2D eigenvalue weighted by molar-refractivity contribution is 9.10. The Bertz CT molecular complexity index is 580. The smallest absolute Gasteiger partial charge is 0.0785 e. The van der Waals surface area contributed by atoms with Gasteiger partial charge in [-0.2, -0.15) is 0 Å². The van der Waals surface area contributed by atoms with Gasteiger partial charge in [-0.15, -0.1) is 0 Å². The summed E-state index contributed by atoms with van der Waals surface area (Å²) < 4.78 is 17.9. The molecule has 130 valence electrons. The lowest BCUT2D eigenvalue weighted by atomic mass is 10.2. The molecule has 0 aliphatic carbocycles. The normalized spacial score (nSPS) is 12.2. The van der Waals surface area contributed by atoms with Gasteiger partial charge in [0, 0.05) is 16.9 Å². The van der Waals surface area contributed by atoms with Gasteiger partial charge >= 0.3 is 0 Å². The summed E-state index contributed by atoms with van der Waals surface area (Å²) in [5.74, 6) is 0. The van der Waals surface area contributed by atoms with Gasteiger partial charge in [-0.05, 0) is 46.5 Å². The summed E-state index contributed by atoms with van der Waals surface area (Å²) in [6.07, 6.45) is 4.55. The van der Waals surface area contributed by atoms with Crippen molar-refractivity contribution in [1.29, 1.82) is 0 Å². The third-order valence-electron chi connectivity index (χ3n) is 3.40. The van der Waals surface area contributed by atoms with E-state index in [4.69, 9.17) is 14.2 Å². The molecule has 0 fully saturated rings. The molecule has 2 aromatic rings. The third-order valence-corrected chi connectivity index (χ3v) is 3.83. The van der Waals surface area contributed by atoms with E-state index in [2.05, 4.69) is 39.1 Å². The van der Waals surface area contributed by atoms with Crippen LogP contribution in [0.25, 0.3) is 0 Å². The summed E-state index contributed by atoms with van der Waals surface area (Å²) in [6.45, 7) is 5.04. The Kier molecular flexibility index (Phi) is 8.98. The van der Waals surface area contributed by atoms with Crippen LogP contribution < -0.4 is 0 Å². The Morgan fingerprint density at radius 2 is 1.79 bits per heavy atom. The van der Waals surface area contributed by atoms with Crippen LogP contribution in [-0.4, -0.2) is 37.5 Å². The topological polar surface area (TPSA) is 40.6 Å². The lowest BCUT2D eigenvalue weighted by Gasteiger charge is -2.13. The van der Waals surface area contributed by atoms with Crippen molar-refractivity contribution < 1.29 is 14.2 Å². The second kappa shape index (κ2) is 11.3. The fourth-order valence-corrected chi connectivity index (χ4v) is 2.52. The van der Waals surface area contributed by atoms with E-state index in [0.29, 0.717) is 33.0 Å². The first kappa shape index (κ1) is 19.1. The number of halogens is 1. The maximum atomic E-state index is 5.75. The quantitative estimate of drug-likeness (QED) is 0.540. The minimum Gasteiger partial charge on any atom is -0.379 e. The van der Waals surface area contributed by atoms with Crippen molar-refractivity contribution in [3.05, 3.63) is 64.4 Å². The van der Waals surface area contributed by atoms with E-state index in [1.165, 1.54) is 5.56 Å². The van der Waals surface area contributed by atoms with Gasteiger partial charge in [0.15, 0.2) is 0 Å². The van der Waals surface area contributed by atoms with Crippen LogP contribution in [0.15, 0.2) is 53.3 Å². The van der Waals surface area contributed by atoms with Gasteiger partial charge in [0.1, 0.15) is 0 Å². The molecule has 0 amide bonds. The maximum absolute atomic E-state index is 5.75. The Balaban J connectivity index is 1.46. The van der Waals surface area contributed by atoms with Crippen molar-refractivity contribution in [3.8, 4) is 0 Å². The van der Waals surface area contributed by atoms with Crippen LogP contribution in [0.2, 0.25) is 0 Å². The number of hydrogen-bond acceptors (Lipinski definition) is 4. The minimum atomic E-state index is 0.0675. The molecule has 1 unspecified atom stereocenters. The van der Waals surface area contributed by atoms with Gasteiger partial charge in [-0.1, -0.05) is 30.3 Å². The molecule has 0 bridgehead atoms. The largest absolute Gasteiger partial charge is 0.379 e.